The minimum Gasteiger partial charge on any atom is -0.507 e. The van der Waals surface area contributed by atoms with Crippen molar-refractivity contribution in [2.75, 3.05) is 52.4 Å². The van der Waals surface area contributed by atoms with Crippen LogP contribution < -0.4 is 16.2 Å². The second-order valence-electron chi connectivity index (χ2n) is 13.1. The predicted octanol–water partition coefficient (Wildman–Crippen LogP) is 1.92. The lowest BCUT2D eigenvalue weighted by Gasteiger charge is -2.34. The van der Waals surface area contributed by atoms with Crippen molar-refractivity contribution in [1.29, 1.82) is 0 Å². The molecule has 0 bridgehead atoms. The van der Waals surface area contributed by atoms with Crippen molar-refractivity contribution < 1.29 is 29.1 Å². The number of primary amides is 1. The number of rotatable bonds is 15. The summed E-state index contributed by atoms with van der Waals surface area (Å²) in [4.78, 5) is 40.6. The lowest BCUT2D eigenvalue weighted by atomic mass is 9.91. The Kier molecular flexibility index (Phi) is 11.9. The van der Waals surface area contributed by atoms with Gasteiger partial charge in [0.2, 0.25) is 17.8 Å². The fourth-order valence-corrected chi connectivity index (χ4v) is 6.40. The molecule has 2 fully saturated rings. The van der Waals surface area contributed by atoms with Crippen molar-refractivity contribution in [1.82, 2.24) is 29.4 Å². The van der Waals surface area contributed by atoms with Crippen LogP contribution in [0.15, 0.2) is 46.0 Å². The normalized spacial score (nSPS) is 19.9. The number of nitrogens with zero attached hydrogens (tertiary/aromatic N) is 7. The zero-order chi connectivity index (χ0) is 35.1. The van der Waals surface area contributed by atoms with Crippen LogP contribution in [0.2, 0.25) is 0 Å². The molecule has 0 unspecified atom stereocenters. The molecule has 3 aromatic rings. The number of aliphatic imine (C=N–C) groups is 1. The summed E-state index contributed by atoms with van der Waals surface area (Å²) in [5.41, 5.74) is 12.8. The van der Waals surface area contributed by atoms with Crippen molar-refractivity contribution in [3.8, 4) is 22.9 Å². The molecule has 2 aliphatic heterocycles. The number of nitrogens with two attached hydrogens (primary N) is 2. The van der Waals surface area contributed by atoms with Gasteiger partial charge in [0.05, 0.1) is 11.8 Å². The van der Waals surface area contributed by atoms with Crippen molar-refractivity contribution >= 4 is 23.6 Å². The van der Waals surface area contributed by atoms with Gasteiger partial charge in [0.25, 0.3) is 5.88 Å². The number of imidazole rings is 1. The summed E-state index contributed by atoms with van der Waals surface area (Å²) in [6.07, 6.45) is 2.79. The van der Waals surface area contributed by atoms with E-state index in [9.17, 15) is 19.8 Å². The maximum atomic E-state index is 13.4. The second-order valence-corrected chi connectivity index (χ2v) is 13.1. The maximum absolute atomic E-state index is 13.4. The first-order chi connectivity index (χ1) is 23.5. The van der Waals surface area contributed by atoms with Crippen LogP contribution in [0.3, 0.4) is 0 Å². The lowest BCUT2D eigenvalue weighted by Crippen LogP contribution is -2.47. The Hall–Kier alpha value is -4.47. The van der Waals surface area contributed by atoms with E-state index in [2.05, 4.69) is 24.9 Å². The van der Waals surface area contributed by atoms with Crippen LogP contribution in [0.25, 0.3) is 11.3 Å². The Bertz CT molecular complexity index is 1600. The first-order valence-corrected chi connectivity index (χ1v) is 17.0. The van der Waals surface area contributed by atoms with Crippen molar-refractivity contribution in [3.63, 3.8) is 0 Å². The molecule has 4 heterocycles. The van der Waals surface area contributed by atoms with Gasteiger partial charge in [0, 0.05) is 76.5 Å². The van der Waals surface area contributed by atoms with Gasteiger partial charge in [-0.15, -0.1) is 0 Å². The molecule has 15 heteroatoms. The monoisotopic (exact) mass is 679 g/mol. The van der Waals surface area contributed by atoms with Gasteiger partial charge >= 0.3 is 0 Å². The summed E-state index contributed by atoms with van der Waals surface area (Å²) < 4.78 is 13.4. The van der Waals surface area contributed by atoms with E-state index in [1.807, 2.05) is 43.7 Å². The molecule has 3 atom stereocenters. The second kappa shape index (κ2) is 16.3. The maximum Gasteiger partial charge on any atom is 0.254 e. The van der Waals surface area contributed by atoms with Gasteiger partial charge in [-0.25, -0.2) is 9.98 Å². The highest BCUT2D eigenvalue weighted by atomic mass is 16.5. The molecule has 15 nitrogen and oxygen atoms in total. The summed E-state index contributed by atoms with van der Waals surface area (Å²) in [5, 5.41) is 24.4. The summed E-state index contributed by atoms with van der Waals surface area (Å²) in [6, 6.07) is 7.92. The Morgan fingerprint density at radius 3 is 2.49 bits per heavy atom. The minimum absolute atomic E-state index is 0.0529. The lowest BCUT2D eigenvalue weighted by molar-refractivity contribution is -0.139. The van der Waals surface area contributed by atoms with Gasteiger partial charge in [-0.3, -0.25) is 14.5 Å². The number of amidine groups is 1. The number of hydrogen-bond donors (Lipinski definition) is 4. The molecular weight excluding hydrogens is 630 g/mol. The van der Waals surface area contributed by atoms with Crippen molar-refractivity contribution in [3.05, 3.63) is 42.3 Å². The number of amides is 2. The molecule has 1 aromatic carbocycles. The number of aryl methyl sites for hydroxylation is 1. The van der Waals surface area contributed by atoms with E-state index < -0.39 is 24.0 Å². The molecule has 0 spiro atoms. The topological polar surface area (TPSA) is 202 Å². The highest BCUT2D eigenvalue weighted by Crippen LogP contribution is 2.33. The van der Waals surface area contributed by atoms with E-state index in [1.54, 1.807) is 18.2 Å². The number of β-amino-alcohol motifs (C(OH)–C–C–N with tert-alkyl or cyclic N) is 1. The van der Waals surface area contributed by atoms with E-state index in [1.165, 1.54) is 4.90 Å². The summed E-state index contributed by atoms with van der Waals surface area (Å²) in [7, 11) is 0. The third-order valence-corrected chi connectivity index (χ3v) is 9.17. The molecule has 49 heavy (non-hydrogen) atoms. The van der Waals surface area contributed by atoms with Gasteiger partial charge in [0.15, 0.2) is 5.76 Å². The van der Waals surface area contributed by atoms with Gasteiger partial charge < -0.3 is 45.3 Å². The minimum atomic E-state index is -0.845. The van der Waals surface area contributed by atoms with Crippen LogP contribution in [0.5, 0.6) is 11.6 Å². The van der Waals surface area contributed by atoms with Gasteiger partial charge in [0.1, 0.15) is 30.2 Å². The van der Waals surface area contributed by atoms with E-state index in [4.69, 9.17) is 20.7 Å². The number of hydrogen-bond acceptors (Lipinski definition) is 11. The number of ether oxygens (including phenoxy) is 1. The Morgan fingerprint density at radius 2 is 1.82 bits per heavy atom. The smallest absolute Gasteiger partial charge is 0.254 e. The molecule has 266 valence electrons. The molecule has 0 saturated carbocycles. The fourth-order valence-electron chi connectivity index (χ4n) is 6.40. The average Bonchev–Trinajstić information content (AvgIpc) is 3.81. The number of aliphatic hydroxyl groups excluding tert-OH is 1. The highest BCUT2D eigenvalue weighted by molar-refractivity contribution is 5.90. The molecule has 0 aliphatic carbocycles. The molecule has 2 amide bonds. The zero-order valence-electron chi connectivity index (χ0n) is 28.6. The van der Waals surface area contributed by atoms with Crippen LogP contribution >= 0.6 is 0 Å². The van der Waals surface area contributed by atoms with E-state index in [-0.39, 0.29) is 30.5 Å². The SMILES string of the molecule is CCC(N)=Nc1nc(-c2ccccc2O)cn1CCCN1CCN(CCOc2cc([C@H](C(=O)N3C[C@H](O)C[C@H]3C(N)=O)C(C)C)on2)CC1. The standard InChI is InChI=1S/C34H49N9O6/c1-4-29(35)38-34-37-25(24-8-5-6-9-27(24)45)21-42(34)11-7-10-40-12-14-41(15-13-40)16-17-48-30-19-28(49-39-30)31(22(2)3)33(47)43-20-23(44)18-26(43)32(36)46/h5-6,8-9,19,21-23,26,31,44-45H,4,7,10-18,20H2,1-3H3,(H2,36,46)(H2,35,37,38)/t23-,26+,31-/m1/s1. The number of likely N-dealkylation sites (tertiary alicyclic amines) is 1. The largest absolute Gasteiger partial charge is 0.507 e. The highest BCUT2D eigenvalue weighted by Gasteiger charge is 2.42. The third-order valence-electron chi connectivity index (χ3n) is 9.17. The Morgan fingerprint density at radius 1 is 1.10 bits per heavy atom. The number of carbonyl (C=O) groups excluding carboxylic acids is 2. The summed E-state index contributed by atoms with van der Waals surface area (Å²) in [5.74, 6) is 0.0765. The van der Waals surface area contributed by atoms with Crippen LogP contribution in [0.4, 0.5) is 5.95 Å². The van der Waals surface area contributed by atoms with Crippen LogP contribution in [-0.2, 0) is 16.1 Å². The molecule has 0 radical (unpaired) electrons. The van der Waals surface area contributed by atoms with Crippen molar-refractivity contribution in [2.45, 2.75) is 64.6 Å². The van der Waals surface area contributed by atoms with E-state index in [0.717, 1.165) is 52.2 Å². The number of aromatic nitrogens is 3. The predicted molar refractivity (Wildman–Crippen MR) is 183 cm³/mol. The Balaban J connectivity index is 1.07. The van der Waals surface area contributed by atoms with E-state index in [0.29, 0.717) is 47.7 Å². The number of carbonyl (C=O) groups is 2. The zero-order valence-corrected chi connectivity index (χ0v) is 28.6. The number of phenols is 1. The molecule has 2 aliphatic rings. The molecule has 6 N–H and O–H groups in total. The first kappa shape index (κ1) is 35.8. The average molecular weight is 680 g/mol. The van der Waals surface area contributed by atoms with Crippen LogP contribution in [-0.4, -0.2) is 122 Å². The Labute approximate surface area is 286 Å². The molecule has 2 saturated heterocycles. The molecule has 5 rings (SSSR count). The third kappa shape index (κ3) is 8.96. The first-order valence-electron chi connectivity index (χ1n) is 17.0. The van der Waals surface area contributed by atoms with Gasteiger partial charge in [-0.1, -0.05) is 32.9 Å². The number of phenolic OH excluding ortho intramolecular Hbond substituents is 1. The number of aromatic hydroxyl groups is 1. The van der Waals surface area contributed by atoms with Gasteiger partial charge in [-0.2, -0.15) is 0 Å². The fraction of sp³-hybridized carbons (Fsp3) is 0.559. The van der Waals surface area contributed by atoms with Crippen LogP contribution in [0.1, 0.15) is 51.7 Å². The van der Waals surface area contributed by atoms with Crippen LogP contribution in [0, 0.1) is 5.92 Å². The van der Waals surface area contributed by atoms with Crippen molar-refractivity contribution in [2.24, 2.45) is 22.4 Å². The number of aliphatic hydroxyl groups is 1. The summed E-state index contributed by atoms with van der Waals surface area (Å²) in [6.45, 7) is 12.2. The van der Waals surface area contributed by atoms with E-state index >= 15 is 0 Å². The van der Waals surface area contributed by atoms with Gasteiger partial charge in [-0.05, 0) is 36.2 Å². The summed E-state index contributed by atoms with van der Waals surface area (Å²) >= 11 is 0. The number of para-hydroxylation sites is 1. The molecular formula is C34H49N9O6. The molecule has 2 aromatic heterocycles. The quantitative estimate of drug-likeness (QED) is 0.135. The number of benzene rings is 1. The number of piperazine rings is 1.